The molecule has 3 heteroatoms. The second kappa shape index (κ2) is 4.73. The minimum Gasteiger partial charge on any atom is -0.322 e. The summed E-state index contributed by atoms with van der Waals surface area (Å²) in [5.74, 6) is -0.610. The summed E-state index contributed by atoms with van der Waals surface area (Å²) < 4.78 is 13.5. The van der Waals surface area contributed by atoms with Gasteiger partial charge in [0.05, 0.1) is 0 Å². The Bertz CT molecular complexity index is 385. The fraction of sp³-hybridized carbons (Fsp3) is 0.250. The molecule has 0 aliphatic rings. The molecule has 2 nitrogen and oxygen atoms in total. The maximum Gasteiger partial charge on any atom is 0.247 e. The second-order valence-electron chi connectivity index (χ2n) is 3.55. The summed E-state index contributed by atoms with van der Waals surface area (Å²) in [4.78, 5) is 11.1. The molecule has 15 heavy (non-hydrogen) atoms. The van der Waals surface area contributed by atoms with Crippen LogP contribution in [0.15, 0.2) is 30.9 Å². The first-order chi connectivity index (χ1) is 7.06. The predicted octanol–water partition coefficient (Wildman–Crippen LogP) is 3.07. The number of hydrogen-bond acceptors (Lipinski definition) is 1. The number of hydrogen-bond donors (Lipinski definition) is 1. The molecule has 1 N–H and O–H groups in total. The fourth-order valence-electron chi connectivity index (χ4n) is 1.42. The van der Waals surface area contributed by atoms with Crippen LogP contribution in [-0.2, 0) is 4.79 Å². The lowest BCUT2D eigenvalue weighted by Gasteiger charge is -2.13. The first-order valence-electron chi connectivity index (χ1n) is 4.78. The van der Waals surface area contributed by atoms with E-state index in [4.69, 9.17) is 0 Å². The third-order valence-electron chi connectivity index (χ3n) is 2.07. The topological polar surface area (TPSA) is 29.1 Å². The van der Waals surface area contributed by atoms with E-state index in [-0.39, 0.29) is 17.6 Å². The SMILES string of the molecule is C=CC(=O)Nc1cccc(F)c1C(C)C. The molecule has 80 valence electrons. The van der Waals surface area contributed by atoms with E-state index in [2.05, 4.69) is 11.9 Å². The number of halogens is 1. The van der Waals surface area contributed by atoms with Gasteiger partial charge < -0.3 is 5.32 Å². The Hall–Kier alpha value is -1.64. The van der Waals surface area contributed by atoms with Gasteiger partial charge in [-0.05, 0) is 24.1 Å². The van der Waals surface area contributed by atoms with Crippen LogP contribution in [0.1, 0.15) is 25.3 Å². The molecule has 0 spiro atoms. The van der Waals surface area contributed by atoms with Gasteiger partial charge in [-0.3, -0.25) is 4.79 Å². The van der Waals surface area contributed by atoms with Gasteiger partial charge in [-0.15, -0.1) is 0 Å². The zero-order chi connectivity index (χ0) is 11.4. The lowest BCUT2D eigenvalue weighted by atomic mass is 10.0. The Labute approximate surface area is 88.8 Å². The van der Waals surface area contributed by atoms with Crippen molar-refractivity contribution < 1.29 is 9.18 Å². The summed E-state index contributed by atoms with van der Waals surface area (Å²) in [5, 5.41) is 2.59. The maximum absolute atomic E-state index is 13.5. The number of anilines is 1. The van der Waals surface area contributed by atoms with E-state index >= 15 is 0 Å². The number of carbonyl (C=O) groups is 1. The molecule has 1 amide bonds. The molecule has 0 aliphatic carbocycles. The van der Waals surface area contributed by atoms with Crippen molar-refractivity contribution in [2.24, 2.45) is 0 Å². The van der Waals surface area contributed by atoms with Crippen LogP contribution in [-0.4, -0.2) is 5.91 Å². The normalized spacial score (nSPS) is 10.1. The van der Waals surface area contributed by atoms with Gasteiger partial charge in [-0.25, -0.2) is 4.39 Å². The van der Waals surface area contributed by atoms with Crippen LogP contribution in [0.2, 0.25) is 0 Å². The molecule has 0 saturated carbocycles. The van der Waals surface area contributed by atoms with E-state index in [1.165, 1.54) is 6.07 Å². The Balaban J connectivity index is 3.11. The van der Waals surface area contributed by atoms with Crippen molar-refractivity contribution in [2.75, 3.05) is 5.32 Å². The maximum atomic E-state index is 13.5. The van der Waals surface area contributed by atoms with Crippen molar-refractivity contribution in [1.82, 2.24) is 0 Å². The summed E-state index contributed by atoms with van der Waals surface area (Å²) >= 11 is 0. The summed E-state index contributed by atoms with van der Waals surface area (Å²) in [7, 11) is 0. The fourth-order valence-corrected chi connectivity index (χ4v) is 1.42. The molecule has 1 aromatic rings. The van der Waals surface area contributed by atoms with Gasteiger partial charge in [0.25, 0.3) is 0 Å². The van der Waals surface area contributed by atoms with Gasteiger partial charge in [0.2, 0.25) is 5.91 Å². The number of nitrogens with one attached hydrogen (secondary N) is 1. The van der Waals surface area contributed by atoms with Gasteiger partial charge in [-0.2, -0.15) is 0 Å². The van der Waals surface area contributed by atoms with Gasteiger partial charge in [0.15, 0.2) is 0 Å². The zero-order valence-corrected chi connectivity index (χ0v) is 8.88. The van der Waals surface area contributed by atoms with Crippen LogP contribution in [0.5, 0.6) is 0 Å². The Morgan fingerprint density at radius 1 is 1.53 bits per heavy atom. The van der Waals surface area contributed by atoms with Crippen molar-refractivity contribution in [1.29, 1.82) is 0 Å². The number of rotatable bonds is 3. The monoisotopic (exact) mass is 207 g/mol. The molecular formula is C12H14FNO. The van der Waals surface area contributed by atoms with E-state index in [0.717, 1.165) is 6.08 Å². The molecule has 0 fully saturated rings. The molecule has 0 heterocycles. The quantitative estimate of drug-likeness (QED) is 0.758. The molecule has 0 saturated heterocycles. The van der Waals surface area contributed by atoms with Crippen molar-refractivity contribution in [3.63, 3.8) is 0 Å². The van der Waals surface area contributed by atoms with E-state index in [1.807, 2.05) is 13.8 Å². The van der Waals surface area contributed by atoms with Crippen LogP contribution in [0.3, 0.4) is 0 Å². The molecule has 1 aromatic carbocycles. The molecule has 0 atom stereocenters. The highest BCUT2D eigenvalue weighted by atomic mass is 19.1. The minimum atomic E-state index is -0.331. The van der Waals surface area contributed by atoms with Gasteiger partial charge in [-0.1, -0.05) is 26.5 Å². The van der Waals surface area contributed by atoms with E-state index in [1.54, 1.807) is 12.1 Å². The van der Waals surface area contributed by atoms with Crippen LogP contribution >= 0.6 is 0 Å². The van der Waals surface area contributed by atoms with E-state index in [0.29, 0.717) is 11.3 Å². The smallest absolute Gasteiger partial charge is 0.247 e. The van der Waals surface area contributed by atoms with E-state index < -0.39 is 0 Å². The van der Waals surface area contributed by atoms with Crippen LogP contribution < -0.4 is 5.32 Å². The second-order valence-corrected chi connectivity index (χ2v) is 3.55. The van der Waals surface area contributed by atoms with E-state index in [9.17, 15) is 9.18 Å². The first kappa shape index (κ1) is 11.4. The van der Waals surface area contributed by atoms with Crippen LogP contribution in [0.4, 0.5) is 10.1 Å². The average molecular weight is 207 g/mol. The molecule has 0 aromatic heterocycles. The minimum absolute atomic E-state index is 0.0197. The summed E-state index contributed by atoms with van der Waals surface area (Å²) in [6, 6.07) is 4.64. The Morgan fingerprint density at radius 2 is 2.20 bits per heavy atom. The third-order valence-corrected chi connectivity index (χ3v) is 2.07. The highest BCUT2D eigenvalue weighted by Crippen LogP contribution is 2.26. The van der Waals surface area contributed by atoms with Gasteiger partial charge in [0.1, 0.15) is 5.82 Å². The van der Waals surface area contributed by atoms with Crippen LogP contribution in [0, 0.1) is 5.82 Å². The molecular weight excluding hydrogens is 193 g/mol. The first-order valence-corrected chi connectivity index (χ1v) is 4.78. The standard InChI is InChI=1S/C12H14FNO/c1-4-11(15)14-10-7-5-6-9(13)12(10)8(2)3/h4-8H,1H2,2-3H3,(H,14,15). The van der Waals surface area contributed by atoms with Crippen LogP contribution in [0.25, 0.3) is 0 Å². The lowest BCUT2D eigenvalue weighted by molar-refractivity contribution is -0.111. The van der Waals surface area contributed by atoms with Crippen molar-refractivity contribution in [3.8, 4) is 0 Å². The largest absolute Gasteiger partial charge is 0.322 e. The zero-order valence-electron chi connectivity index (χ0n) is 8.88. The lowest BCUT2D eigenvalue weighted by Crippen LogP contribution is -2.11. The Kier molecular flexibility index (Phi) is 3.61. The number of amides is 1. The number of carbonyl (C=O) groups excluding carboxylic acids is 1. The molecule has 1 rings (SSSR count). The van der Waals surface area contributed by atoms with Crippen molar-refractivity contribution in [3.05, 3.63) is 42.2 Å². The predicted molar refractivity (Wildman–Crippen MR) is 59.3 cm³/mol. The molecule has 0 radical (unpaired) electrons. The highest BCUT2D eigenvalue weighted by molar-refractivity contribution is 5.99. The van der Waals surface area contributed by atoms with Gasteiger partial charge in [0, 0.05) is 11.3 Å². The third kappa shape index (κ3) is 2.65. The summed E-state index contributed by atoms with van der Waals surface area (Å²) in [5.41, 5.74) is 1.03. The summed E-state index contributed by atoms with van der Waals surface area (Å²) in [6.07, 6.45) is 1.16. The molecule has 0 aliphatic heterocycles. The molecule has 0 bridgehead atoms. The van der Waals surface area contributed by atoms with Crippen molar-refractivity contribution >= 4 is 11.6 Å². The highest BCUT2D eigenvalue weighted by Gasteiger charge is 2.12. The Morgan fingerprint density at radius 3 is 2.73 bits per heavy atom. The van der Waals surface area contributed by atoms with Crippen molar-refractivity contribution in [2.45, 2.75) is 19.8 Å². The van der Waals surface area contributed by atoms with Gasteiger partial charge >= 0.3 is 0 Å². The molecule has 0 unspecified atom stereocenters. The average Bonchev–Trinajstić information content (AvgIpc) is 2.17. The number of benzene rings is 1. The summed E-state index contributed by atoms with van der Waals surface area (Å²) in [6.45, 7) is 7.10.